The zero-order valence-corrected chi connectivity index (χ0v) is 16.8. The molecule has 1 fully saturated rings. The van der Waals surface area contributed by atoms with Crippen molar-refractivity contribution in [3.63, 3.8) is 0 Å². The average molecular weight is 411 g/mol. The SMILES string of the molecule is CCCN1CCN(C2=NC(=Cc3c[nH]c4ncccc34)C(=O)N2)CC1.Cl.Cl. The van der Waals surface area contributed by atoms with E-state index in [1.165, 1.54) is 6.42 Å². The minimum Gasteiger partial charge on any atom is -0.346 e. The summed E-state index contributed by atoms with van der Waals surface area (Å²) in [6.07, 6.45) is 6.59. The van der Waals surface area contributed by atoms with E-state index in [4.69, 9.17) is 0 Å². The Bertz CT molecular complexity index is 854. The number of hydrogen-bond donors (Lipinski definition) is 2. The minimum absolute atomic E-state index is 0. The second kappa shape index (κ2) is 9.21. The highest BCUT2D eigenvalue weighted by Gasteiger charge is 2.27. The largest absolute Gasteiger partial charge is 0.346 e. The van der Waals surface area contributed by atoms with Crippen molar-refractivity contribution in [1.82, 2.24) is 25.1 Å². The number of carbonyl (C=O) groups is 1. The molecule has 2 aromatic rings. The fourth-order valence-corrected chi connectivity index (χ4v) is 3.35. The summed E-state index contributed by atoms with van der Waals surface area (Å²) in [4.78, 5) is 28.8. The smallest absolute Gasteiger partial charge is 0.276 e. The number of H-pyrrole nitrogens is 1. The van der Waals surface area contributed by atoms with Crippen LogP contribution in [0.1, 0.15) is 18.9 Å². The fraction of sp³-hybridized carbons (Fsp3) is 0.389. The van der Waals surface area contributed by atoms with E-state index < -0.39 is 0 Å². The molecule has 0 radical (unpaired) electrons. The summed E-state index contributed by atoms with van der Waals surface area (Å²) in [6.45, 7) is 7.13. The van der Waals surface area contributed by atoms with Crippen LogP contribution in [-0.2, 0) is 4.79 Å². The van der Waals surface area contributed by atoms with Crippen molar-refractivity contribution >= 4 is 53.8 Å². The number of amides is 1. The Morgan fingerprint density at radius 2 is 2.00 bits per heavy atom. The summed E-state index contributed by atoms with van der Waals surface area (Å²) in [6, 6.07) is 3.87. The van der Waals surface area contributed by atoms with Gasteiger partial charge in [-0.25, -0.2) is 9.98 Å². The molecule has 0 aromatic carbocycles. The molecule has 0 bridgehead atoms. The summed E-state index contributed by atoms with van der Waals surface area (Å²) in [5, 5.41) is 3.89. The number of fused-ring (bicyclic) bond motifs is 1. The van der Waals surface area contributed by atoms with Gasteiger partial charge in [0, 0.05) is 49.5 Å². The van der Waals surface area contributed by atoms with E-state index in [1.54, 1.807) is 6.20 Å². The quantitative estimate of drug-likeness (QED) is 0.760. The third kappa shape index (κ3) is 4.43. The molecule has 2 aliphatic rings. The average Bonchev–Trinajstić information content (AvgIpc) is 3.21. The van der Waals surface area contributed by atoms with Crippen LogP contribution in [0.2, 0.25) is 0 Å². The first kappa shape index (κ1) is 21.2. The van der Waals surface area contributed by atoms with Gasteiger partial charge < -0.3 is 9.88 Å². The highest BCUT2D eigenvalue weighted by Crippen LogP contribution is 2.21. The number of nitrogens with zero attached hydrogens (tertiary/aromatic N) is 4. The van der Waals surface area contributed by atoms with Gasteiger partial charge in [-0.05, 0) is 31.2 Å². The second-order valence-corrected chi connectivity index (χ2v) is 6.39. The molecule has 1 saturated heterocycles. The summed E-state index contributed by atoms with van der Waals surface area (Å²) in [5.41, 5.74) is 2.17. The lowest BCUT2D eigenvalue weighted by atomic mass is 10.2. The normalized spacial score (nSPS) is 18.9. The van der Waals surface area contributed by atoms with Crippen molar-refractivity contribution in [2.24, 2.45) is 4.99 Å². The first-order valence-corrected chi connectivity index (χ1v) is 8.76. The number of hydrogen-bond acceptors (Lipinski definition) is 5. The molecule has 9 heteroatoms. The van der Waals surface area contributed by atoms with E-state index in [2.05, 4.69) is 37.0 Å². The molecule has 4 heterocycles. The van der Waals surface area contributed by atoms with Gasteiger partial charge in [0.2, 0.25) is 5.96 Å². The van der Waals surface area contributed by atoms with E-state index in [9.17, 15) is 4.79 Å². The third-order valence-corrected chi connectivity index (χ3v) is 4.67. The van der Waals surface area contributed by atoms with Gasteiger partial charge in [-0.2, -0.15) is 0 Å². The second-order valence-electron chi connectivity index (χ2n) is 6.39. The summed E-state index contributed by atoms with van der Waals surface area (Å²) < 4.78 is 0. The molecule has 0 atom stereocenters. The minimum atomic E-state index is -0.149. The lowest BCUT2D eigenvalue weighted by Crippen LogP contribution is -2.51. The lowest BCUT2D eigenvalue weighted by Gasteiger charge is -2.35. The Labute approximate surface area is 170 Å². The molecular weight excluding hydrogens is 387 g/mol. The molecule has 2 aliphatic heterocycles. The van der Waals surface area contributed by atoms with Crippen molar-refractivity contribution in [2.75, 3.05) is 32.7 Å². The Kier molecular flexibility index (Phi) is 7.24. The number of aromatic amines is 1. The van der Waals surface area contributed by atoms with Crippen LogP contribution in [0.4, 0.5) is 0 Å². The Hall–Kier alpha value is -2.09. The number of rotatable bonds is 3. The van der Waals surface area contributed by atoms with Crippen molar-refractivity contribution < 1.29 is 4.79 Å². The standard InChI is InChI=1S/C18H22N6O.2ClH/c1-2-6-23-7-9-24(10-8-23)18-21-15(17(25)22-18)11-13-12-20-16-14(13)4-3-5-19-16;;/h3-5,11-12H,2,6-10H2,1H3,(H,19,20)(H,21,22,25);2*1H. The molecule has 0 spiro atoms. The van der Waals surface area contributed by atoms with Crippen LogP contribution in [0.25, 0.3) is 17.1 Å². The van der Waals surface area contributed by atoms with Crippen molar-refractivity contribution in [2.45, 2.75) is 13.3 Å². The number of pyridine rings is 1. The van der Waals surface area contributed by atoms with Gasteiger partial charge in [-0.15, -0.1) is 24.8 Å². The predicted octanol–water partition coefficient (Wildman–Crippen LogP) is 2.26. The monoisotopic (exact) mass is 410 g/mol. The molecule has 1 amide bonds. The van der Waals surface area contributed by atoms with Gasteiger partial charge in [0.05, 0.1) is 0 Å². The molecule has 2 aromatic heterocycles. The maximum Gasteiger partial charge on any atom is 0.276 e. The van der Waals surface area contributed by atoms with Gasteiger partial charge in [-0.3, -0.25) is 15.0 Å². The molecule has 27 heavy (non-hydrogen) atoms. The van der Waals surface area contributed by atoms with Crippen LogP contribution in [0.5, 0.6) is 0 Å². The van der Waals surface area contributed by atoms with Crippen LogP contribution >= 0.6 is 24.8 Å². The fourth-order valence-electron chi connectivity index (χ4n) is 3.35. The van der Waals surface area contributed by atoms with Crippen molar-refractivity contribution in [1.29, 1.82) is 0 Å². The maximum atomic E-state index is 12.3. The predicted molar refractivity (Wildman–Crippen MR) is 112 cm³/mol. The first-order valence-electron chi connectivity index (χ1n) is 8.76. The molecule has 2 N–H and O–H groups in total. The van der Waals surface area contributed by atoms with Crippen LogP contribution in [0.15, 0.2) is 35.2 Å². The summed E-state index contributed by atoms with van der Waals surface area (Å²) >= 11 is 0. The summed E-state index contributed by atoms with van der Waals surface area (Å²) in [7, 11) is 0. The van der Waals surface area contributed by atoms with E-state index in [1.807, 2.05) is 24.4 Å². The molecule has 0 saturated carbocycles. The van der Waals surface area contributed by atoms with E-state index in [0.717, 1.165) is 49.3 Å². The Balaban J connectivity index is 0.00000131. The highest BCUT2D eigenvalue weighted by molar-refractivity contribution is 6.14. The van der Waals surface area contributed by atoms with E-state index in [0.29, 0.717) is 11.7 Å². The van der Waals surface area contributed by atoms with Crippen LogP contribution in [0, 0.1) is 0 Å². The number of piperazine rings is 1. The van der Waals surface area contributed by atoms with Crippen molar-refractivity contribution in [3.05, 3.63) is 35.8 Å². The molecule has 0 unspecified atom stereocenters. The number of aliphatic imine (C=N–C) groups is 1. The van der Waals surface area contributed by atoms with Gasteiger partial charge in [-0.1, -0.05) is 6.92 Å². The maximum absolute atomic E-state index is 12.3. The van der Waals surface area contributed by atoms with Crippen LogP contribution in [-0.4, -0.2) is 64.4 Å². The zero-order chi connectivity index (χ0) is 17.2. The molecule has 146 valence electrons. The summed E-state index contributed by atoms with van der Waals surface area (Å²) in [5.74, 6) is 0.523. The first-order chi connectivity index (χ1) is 12.2. The Morgan fingerprint density at radius 1 is 1.22 bits per heavy atom. The lowest BCUT2D eigenvalue weighted by molar-refractivity contribution is -0.115. The number of aromatic nitrogens is 2. The molecule has 0 aliphatic carbocycles. The Morgan fingerprint density at radius 3 is 2.74 bits per heavy atom. The number of nitrogens with one attached hydrogen (secondary N) is 2. The highest BCUT2D eigenvalue weighted by atomic mass is 35.5. The van der Waals surface area contributed by atoms with Crippen LogP contribution in [0.3, 0.4) is 0 Å². The van der Waals surface area contributed by atoms with Gasteiger partial charge in [0.1, 0.15) is 11.3 Å². The van der Waals surface area contributed by atoms with E-state index in [-0.39, 0.29) is 30.7 Å². The van der Waals surface area contributed by atoms with E-state index >= 15 is 0 Å². The number of halogens is 2. The van der Waals surface area contributed by atoms with Gasteiger partial charge >= 0.3 is 0 Å². The van der Waals surface area contributed by atoms with Gasteiger partial charge in [0.15, 0.2) is 0 Å². The molecule has 4 rings (SSSR count). The molecular formula is C18H24Cl2N6O. The van der Waals surface area contributed by atoms with Gasteiger partial charge in [0.25, 0.3) is 5.91 Å². The van der Waals surface area contributed by atoms with Crippen LogP contribution < -0.4 is 5.32 Å². The molecule has 7 nitrogen and oxygen atoms in total. The topological polar surface area (TPSA) is 76.6 Å². The number of carbonyl (C=O) groups excluding carboxylic acids is 1. The zero-order valence-electron chi connectivity index (χ0n) is 15.1. The van der Waals surface area contributed by atoms with Crippen molar-refractivity contribution in [3.8, 4) is 0 Å². The third-order valence-electron chi connectivity index (χ3n) is 4.67. The number of guanidine groups is 1.